The molecule has 0 spiro atoms. The number of para-hydroxylation sites is 2. The van der Waals surface area contributed by atoms with Crippen molar-refractivity contribution >= 4 is 11.7 Å². The van der Waals surface area contributed by atoms with Gasteiger partial charge in [0.25, 0.3) is 0 Å². The fraction of sp³-hybridized carbons (Fsp3) is 0.212. The number of nitrogens with one attached hydrogen (secondary N) is 1. The van der Waals surface area contributed by atoms with E-state index >= 15 is 0 Å². The Kier molecular flexibility index (Phi) is 6.86. The van der Waals surface area contributed by atoms with E-state index < -0.39 is 0 Å². The first-order valence-electron chi connectivity index (χ1n) is 13.8. The highest BCUT2D eigenvalue weighted by atomic mass is 16.5. The molecule has 1 aliphatic rings. The molecular weight excluding hydrogens is 498 g/mol. The summed E-state index contributed by atoms with van der Waals surface area (Å²) in [7, 11) is 1.67. The van der Waals surface area contributed by atoms with E-state index in [9.17, 15) is 4.79 Å². The minimum Gasteiger partial charge on any atom is -0.497 e. The van der Waals surface area contributed by atoms with Gasteiger partial charge in [0.05, 0.1) is 36.8 Å². The zero-order valence-corrected chi connectivity index (χ0v) is 23.0. The molecule has 1 N–H and O–H groups in total. The molecule has 202 valence electrons. The summed E-state index contributed by atoms with van der Waals surface area (Å²) in [6, 6.07) is 29.7. The molecule has 0 saturated carbocycles. The number of aromatic nitrogens is 3. The van der Waals surface area contributed by atoms with Crippen LogP contribution in [0.2, 0.25) is 0 Å². The summed E-state index contributed by atoms with van der Waals surface area (Å²) >= 11 is 0. The fourth-order valence-corrected chi connectivity index (χ4v) is 5.65. The summed E-state index contributed by atoms with van der Waals surface area (Å²) in [4.78, 5) is 16.2. The number of amides is 2. The van der Waals surface area contributed by atoms with Crippen molar-refractivity contribution in [1.82, 2.24) is 19.2 Å². The molecular formula is C33H33N5O2. The van der Waals surface area contributed by atoms with Crippen molar-refractivity contribution in [1.29, 1.82) is 0 Å². The van der Waals surface area contributed by atoms with Crippen molar-refractivity contribution in [2.24, 2.45) is 0 Å². The molecule has 7 nitrogen and oxygen atoms in total. The number of anilines is 1. The first kappa shape index (κ1) is 25.5. The molecule has 5 aromatic rings. The minimum absolute atomic E-state index is 0.163. The molecule has 0 saturated heterocycles. The number of rotatable bonds is 6. The molecule has 0 bridgehead atoms. The van der Waals surface area contributed by atoms with Crippen LogP contribution < -0.4 is 10.1 Å². The van der Waals surface area contributed by atoms with Gasteiger partial charge in [-0.3, -0.25) is 0 Å². The normalized spacial score (nSPS) is 14.3. The molecule has 1 aliphatic heterocycles. The summed E-state index contributed by atoms with van der Waals surface area (Å²) in [5.41, 5.74) is 6.86. The number of hydrogen-bond donors (Lipinski definition) is 1. The number of nitrogens with zero attached hydrogens (tertiary/aromatic N) is 4. The number of aryl methyl sites for hydroxylation is 2. The van der Waals surface area contributed by atoms with E-state index in [-0.39, 0.29) is 12.1 Å². The molecule has 7 heteroatoms. The maximum absolute atomic E-state index is 14.3. The average molecular weight is 532 g/mol. The summed E-state index contributed by atoms with van der Waals surface area (Å²) in [5, 5.41) is 8.28. The zero-order chi connectivity index (χ0) is 27.6. The molecule has 40 heavy (non-hydrogen) atoms. The van der Waals surface area contributed by atoms with E-state index in [1.807, 2.05) is 70.2 Å². The van der Waals surface area contributed by atoms with Crippen molar-refractivity contribution in [2.75, 3.05) is 12.4 Å². The number of benzene rings is 3. The van der Waals surface area contributed by atoms with E-state index in [4.69, 9.17) is 9.84 Å². The molecule has 3 aromatic carbocycles. The summed E-state index contributed by atoms with van der Waals surface area (Å²) in [6.07, 6.45) is 3.64. The van der Waals surface area contributed by atoms with Crippen molar-refractivity contribution in [3.8, 4) is 17.3 Å². The van der Waals surface area contributed by atoms with E-state index in [1.54, 1.807) is 7.11 Å². The zero-order valence-electron chi connectivity index (χ0n) is 23.0. The van der Waals surface area contributed by atoms with Crippen LogP contribution in [-0.2, 0) is 19.4 Å². The molecule has 3 heterocycles. The van der Waals surface area contributed by atoms with E-state index in [0.29, 0.717) is 6.54 Å². The lowest BCUT2D eigenvalue weighted by Gasteiger charge is -2.31. The van der Waals surface area contributed by atoms with Crippen LogP contribution in [0.5, 0.6) is 5.75 Å². The van der Waals surface area contributed by atoms with E-state index in [0.717, 1.165) is 63.9 Å². The Hall–Kier alpha value is -4.78. The van der Waals surface area contributed by atoms with Crippen LogP contribution in [-0.4, -0.2) is 32.4 Å². The number of fused-ring (bicyclic) bond motifs is 3. The summed E-state index contributed by atoms with van der Waals surface area (Å²) in [5.74, 6) is 1.71. The van der Waals surface area contributed by atoms with Gasteiger partial charge in [-0.15, -0.1) is 0 Å². The van der Waals surface area contributed by atoms with Gasteiger partial charge in [0.2, 0.25) is 0 Å². The molecule has 1 atom stereocenters. The van der Waals surface area contributed by atoms with Crippen molar-refractivity contribution < 1.29 is 9.53 Å². The van der Waals surface area contributed by atoms with Crippen molar-refractivity contribution in [3.63, 3.8) is 0 Å². The van der Waals surface area contributed by atoms with Crippen molar-refractivity contribution in [3.05, 3.63) is 125 Å². The van der Waals surface area contributed by atoms with Gasteiger partial charge in [-0.2, -0.15) is 5.10 Å². The van der Waals surface area contributed by atoms with Crippen LogP contribution in [0.15, 0.2) is 97.2 Å². The lowest BCUT2D eigenvalue weighted by Crippen LogP contribution is -2.38. The number of urea groups is 1. The largest absolute Gasteiger partial charge is 0.497 e. The maximum atomic E-state index is 14.3. The monoisotopic (exact) mass is 531 g/mol. The SMILES string of the molecule is CCc1ccccc1NC(=O)N1Cc2c(CC)nn(-c3ccccc3)c2-n2cccc2[C@H]1c1cccc(OC)c1. The smallest absolute Gasteiger partial charge is 0.322 e. The Bertz CT molecular complexity index is 1650. The van der Waals surface area contributed by atoms with Crippen LogP contribution in [0.25, 0.3) is 11.5 Å². The minimum atomic E-state index is -0.361. The molecule has 0 radical (unpaired) electrons. The van der Waals surface area contributed by atoms with Gasteiger partial charge in [0, 0.05) is 17.4 Å². The number of hydrogen-bond acceptors (Lipinski definition) is 3. The average Bonchev–Trinajstić information content (AvgIpc) is 3.59. The third kappa shape index (κ3) is 4.43. The molecule has 0 fully saturated rings. The first-order chi connectivity index (χ1) is 19.6. The molecule has 6 rings (SSSR count). The Morgan fingerprint density at radius 1 is 0.950 bits per heavy atom. The second-order valence-electron chi connectivity index (χ2n) is 9.90. The number of ether oxygens (including phenoxy) is 1. The van der Waals surface area contributed by atoms with Gasteiger partial charge >= 0.3 is 6.03 Å². The maximum Gasteiger partial charge on any atom is 0.322 e. The van der Waals surface area contributed by atoms with E-state index in [1.165, 1.54) is 0 Å². The highest BCUT2D eigenvalue weighted by molar-refractivity contribution is 5.91. The topological polar surface area (TPSA) is 64.3 Å². The number of carbonyl (C=O) groups is 1. The Labute approximate surface area is 234 Å². The van der Waals surface area contributed by atoms with Crippen molar-refractivity contribution in [2.45, 2.75) is 39.3 Å². The van der Waals surface area contributed by atoms with Crippen LogP contribution in [0.1, 0.15) is 48.0 Å². The van der Waals surface area contributed by atoms with Gasteiger partial charge < -0.3 is 19.5 Å². The van der Waals surface area contributed by atoms with Gasteiger partial charge in [-0.25, -0.2) is 9.48 Å². The summed E-state index contributed by atoms with van der Waals surface area (Å²) < 4.78 is 9.78. The standard InChI is InChI=1S/C33H33N5O2/c1-4-23-13-9-10-18-29(23)34-33(39)37-22-27-28(5-2)35-38(25-15-7-6-8-16-25)32(27)36-20-12-19-30(36)31(37)24-14-11-17-26(21-24)40-3/h6-21,31H,4-5,22H2,1-3H3,(H,34,39)/t31-/m1/s1. The highest BCUT2D eigenvalue weighted by Gasteiger charge is 2.36. The van der Waals surface area contributed by atoms with Crippen LogP contribution in [0.4, 0.5) is 10.5 Å². The third-order valence-corrected chi connectivity index (χ3v) is 7.61. The molecule has 0 aliphatic carbocycles. The van der Waals surface area contributed by atoms with E-state index in [2.05, 4.69) is 60.3 Å². The second kappa shape index (κ2) is 10.8. The van der Waals surface area contributed by atoms with Gasteiger partial charge in [-0.1, -0.05) is 62.4 Å². The molecule has 2 aromatic heterocycles. The number of methoxy groups -OCH3 is 1. The lowest BCUT2D eigenvalue weighted by molar-refractivity contribution is 0.194. The fourth-order valence-electron chi connectivity index (χ4n) is 5.65. The van der Waals surface area contributed by atoms with Crippen LogP contribution in [0, 0.1) is 0 Å². The Balaban J connectivity index is 1.56. The van der Waals surface area contributed by atoms with Gasteiger partial charge in [0.15, 0.2) is 0 Å². The third-order valence-electron chi connectivity index (χ3n) is 7.61. The van der Waals surface area contributed by atoms with Gasteiger partial charge in [-0.05, 0) is 66.4 Å². The first-order valence-corrected chi connectivity index (χ1v) is 13.8. The Morgan fingerprint density at radius 2 is 1.75 bits per heavy atom. The predicted molar refractivity (Wildman–Crippen MR) is 157 cm³/mol. The predicted octanol–water partition coefficient (Wildman–Crippen LogP) is 6.93. The second-order valence-corrected chi connectivity index (χ2v) is 9.90. The Morgan fingerprint density at radius 3 is 2.52 bits per heavy atom. The molecule has 0 unspecified atom stereocenters. The quantitative estimate of drug-likeness (QED) is 0.258. The summed E-state index contributed by atoms with van der Waals surface area (Å²) in [6.45, 7) is 4.61. The molecule has 2 amide bonds. The number of carbonyl (C=O) groups excluding carboxylic acids is 1. The van der Waals surface area contributed by atoms with Crippen LogP contribution in [0.3, 0.4) is 0 Å². The lowest BCUT2D eigenvalue weighted by atomic mass is 10.0. The highest BCUT2D eigenvalue weighted by Crippen LogP contribution is 2.39. The van der Waals surface area contributed by atoms with Crippen LogP contribution >= 0.6 is 0 Å². The van der Waals surface area contributed by atoms with Gasteiger partial charge in [0.1, 0.15) is 11.6 Å².